The highest BCUT2D eigenvalue weighted by Gasteiger charge is 2.42. The third-order valence-electron chi connectivity index (χ3n) is 6.05. The van der Waals surface area contributed by atoms with Crippen molar-refractivity contribution in [3.05, 3.63) is 88.8 Å². The Balaban J connectivity index is 1.69. The monoisotopic (exact) mass is 496 g/mol. The predicted molar refractivity (Wildman–Crippen MR) is 124 cm³/mol. The van der Waals surface area contributed by atoms with Crippen LogP contribution < -0.4 is 0 Å². The first-order valence-electron chi connectivity index (χ1n) is 10.5. The molecule has 0 saturated heterocycles. The number of sulfonamides is 1. The number of rotatable bonds is 4. The number of aromatic nitrogens is 1. The van der Waals surface area contributed by atoms with Gasteiger partial charge in [0.15, 0.2) is 0 Å². The summed E-state index contributed by atoms with van der Waals surface area (Å²) in [6.07, 6.45) is 2.49. The molecule has 0 radical (unpaired) electrons. The standard InChI is InChI=1S/C24H20N2O6S2/c1-15-3-7-18(8-4-15)33(29,30)25-12-11-17-14-26(23-22(17)20(25)13-21(27)24(23)28)34(31,32)19-9-5-16(2)6-10-19/h3-10,13-14H,11-12H2,1-2H3. The molecular formula is C24H20N2O6S2. The molecule has 0 bridgehead atoms. The maximum atomic E-state index is 13.4. The van der Waals surface area contributed by atoms with Gasteiger partial charge in [-0.15, -0.1) is 0 Å². The molecule has 1 aromatic heterocycles. The van der Waals surface area contributed by atoms with Gasteiger partial charge in [-0.1, -0.05) is 35.4 Å². The van der Waals surface area contributed by atoms with Crippen LogP contribution in [-0.4, -0.2) is 43.2 Å². The molecular weight excluding hydrogens is 476 g/mol. The number of nitrogens with zero attached hydrogens (tertiary/aromatic N) is 2. The predicted octanol–water partition coefficient (Wildman–Crippen LogP) is 2.70. The molecule has 0 atom stereocenters. The van der Waals surface area contributed by atoms with Crippen molar-refractivity contribution in [1.82, 2.24) is 8.28 Å². The Morgan fingerprint density at radius 3 is 1.85 bits per heavy atom. The molecule has 0 amide bonds. The molecule has 174 valence electrons. The summed E-state index contributed by atoms with van der Waals surface area (Å²) in [7, 11) is -8.25. The molecule has 0 spiro atoms. The first-order valence-corrected chi connectivity index (χ1v) is 13.4. The van der Waals surface area contributed by atoms with Crippen molar-refractivity contribution in [1.29, 1.82) is 0 Å². The summed E-state index contributed by atoms with van der Waals surface area (Å²) in [6.45, 7) is 3.66. The van der Waals surface area contributed by atoms with Gasteiger partial charge in [-0.2, -0.15) is 0 Å². The average molecular weight is 497 g/mol. The van der Waals surface area contributed by atoms with Crippen molar-refractivity contribution >= 4 is 37.3 Å². The first kappa shape index (κ1) is 22.3. The quantitative estimate of drug-likeness (QED) is 0.514. The molecule has 5 rings (SSSR count). The molecule has 0 fully saturated rings. The number of hydrogen-bond donors (Lipinski definition) is 0. The summed E-state index contributed by atoms with van der Waals surface area (Å²) in [5.41, 5.74) is 2.09. The van der Waals surface area contributed by atoms with Gasteiger partial charge in [0.25, 0.3) is 25.8 Å². The van der Waals surface area contributed by atoms with E-state index in [4.69, 9.17) is 0 Å². The van der Waals surface area contributed by atoms with Crippen LogP contribution in [-0.2, 0) is 31.3 Å². The zero-order chi connectivity index (χ0) is 24.4. The Kier molecular flexibility index (Phi) is 4.92. The number of hydrogen-bond acceptors (Lipinski definition) is 6. The summed E-state index contributed by atoms with van der Waals surface area (Å²) in [5.74, 6) is -1.96. The minimum atomic E-state index is -4.20. The van der Waals surface area contributed by atoms with E-state index in [9.17, 15) is 26.4 Å². The third-order valence-corrected chi connectivity index (χ3v) is 9.56. The van der Waals surface area contributed by atoms with Crippen molar-refractivity contribution in [2.24, 2.45) is 0 Å². The van der Waals surface area contributed by atoms with Crippen LogP contribution in [0.25, 0.3) is 5.70 Å². The van der Waals surface area contributed by atoms with E-state index in [0.29, 0.717) is 5.56 Å². The van der Waals surface area contributed by atoms with E-state index in [2.05, 4.69) is 0 Å². The smallest absolute Gasteiger partial charge is 0.268 e. The van der Waals surface area contributed by atoms with Gasteiger partial charge in [0, 0.05) is 24.4 Å². The van der Waals surface area contributed by atoms with E-state index in [0.717, 1.165) is 25.5 Å². The number of allylic oxidation sites excluding steroid dienone is 1. The van der Waals surface area contributed by atoms with E-state index >= 15 is 0 Å². The van der Waals surface area contributed by atoms with Crippen molar-refractivity contribution in [2.45, 2.75) is 30.1 Å². The lowest BCUT2D eigenvalue weighted by atomic mass is 9.93. The van der Waals surface area contributed by atoms with Gasteiger partial charge in [-0.3, -0.25) is 13.9 Å². The lowest BCUT2D eigenvalue weighted by Crippen LogP contribution is -2.38. The fourth-order valence-corrected chi connectivity index (χ4v) is 7.10. The summed E-state index contributed by atoms with van der Waals surface area (Å²) in [6, 6.07) is 12.4. The number of carbonyl (C=O) groups is 2. The fourth-order valence-electron chi connectivity index (χ4n) is 4.24. The fraction of sp³-hybridized carbons (Fsp3) is 0.167. The molecule has 0 N–H and O–H groups in total. The van der Waals surface area contributed by atoms with Crippen molar-refractivity contribution in [2.75, 3.05) is 6.54 Å². The molecule has 2 heterocycles. The molecule has 10 heteroatoms. The van der Waals surface area contributed by atoms with E-state index in [-0.39, 0.29) is 39.7 Å². The second-order valence-corrected chi connectivity index (χ2v) is 12.0. The van der Waals surface area contributed by atoms with Crippen LogP contribution >= 0.6 is 0 Å². The van der Waals surface area contributed by atoms with Gasteiger partial charge in [-0.05, 0) is 50.1 Å². The second kappa shape index (κ2) is 7.51. The minimum absolute atomic E-state index is 0.00451. The highest BCUT2D eigenvalue weighted by molar-refractivity contribution is 7.90. The molecule has 0 unspecified atom stereocenters. The number of aryl methyl sites for hydroxylation is 2. The molecule has 0 saturated carbocycles. The summed E-state index contributed by atoms with van der Waals surface area (Å²) in [5, 5.41) is 0. The SMILES string of the molecule is Cc1ccc(S(=O)(=O)N2CCc3cn(S(=O)(=O)c4ccc(C)cc4)c4c3C2=CC(=O)C4=O)cc1. The number of carbonyl (C=O) groups excluding carboxylic acids is 2. The van der Waals surface area contributed by atoms with Crippen molar-refractivity contribution < 1.29 is 26.4 Å². The van der Waals surface area contributed by atoms with Crippen LogP contribution in [0.3, 0.4) is 0 Å². The maximum Gasteiger partial charge on any atom is 0.268 e. The van der Waals surface area contributed by atoms with Crippen LogP contribution in [0.2, 0.25) is 0 Å². The van der Waals surface area contributed by atoms with Crippen LogP contribution in [0.15, 0.2) is 70.6 Å². The topological polar surface area (TPSA) is 111 Å². The zero-order valence-corrected chi connectivity index (χ0v) is 20.0. The Morgan fingerprint density at radius 1 is 0.765 bits per heavy atom. The molecule has 34 heavy (non-hydrogen) atoms. The van der Waals surface area contributed by atoms with Crippen molar-refractivity contribution in [3.8, 4) is 0 Å². The van der Waals surface area contributed by atoms with E-state index < -0.39 is 31.6 Å². The Bertz CT molecular complexity index is 1610. The summed E-state index contributed by atoms with van der Waals surface area (Å²) < 4.78 is 55.6. The molecule has 1 aliphatic carbocycles. The van der Waals surface area contributed by atoms with Gasteiger partial charge in [0.2, 0.25) is 5.78 Å². The Hall–Kier alpha value is -3.50. The maximum absolute atomic E-state index is 13.4. The lowest BCUT2D eigenvalue weighted by Gasteiger charge is -2.32. The average Bonchev–Trinajstić information content (AvgIpc) is 3.20. The lowest BCUT2D eigenvalue weighted by molar-refractivity contribution is -0.111. The molecule has 1 aliphatic heterocycles. The van der Waals surface area contributed by atoms with Gasteiger partial charge in [-0.25, -0.2) is 20.8 Å². The Morgan fingerprint density at radius 2 is 1.29 bits per heavy atom. The van der Waals surface area contributed by atoms with Gasteiger partial charge < -0.3 is 0 Å². The van der Waals surface area contributed by atoms with Crippen molar-refractivity contribution in [3.63, 3.8) is 0 Å². The highest BCUT2D eigenvalue weighted by atomic mass is 32.2. The second-order valence-electron chi connectivity index (χ2n) is 8.36. The first-order chi connectivity index (χ1) is 16.0. The van der Waals surface area contributed by atoms with Gasteiger partial charge in [0.05, 0.1) is 15.5 Å². The zero-order valence-electron chi connectivity index (χ0n) is 18.3. The third kappa shape index (κ3) is 3.24. The summed E-state index contributed by atoms with van der Waals surface area (Å²) >= 11 is 0. The van der Waals surface area contributed by atoms with Gasteiger partial charge >= 0.3 is 0 Å². The highest BCUT2D eigenvalue weighted by Crippen LogP contribution is 2.40. The van der Waals surface area contributed by atoms with E-state index in [1.54, 1.807) is 24.3 Å². The van der Waals surface area contributed by atoms with E-state index in [1.165, 1.54) is 30.5 Å². The Labute approximate surface area is 197 Å². The minimum Gasteiger partial charge on any atom is -0.285 e. The van der Waals surface area contributed by atoms with E-state index in [1.807, 2.05) is 13.8 Å². The largest absolute Gasteiger partial charge is 0.285 e. The van der Waals surface area contributed by atoms with Gasteiger partial charge in [0.1, 0.15) is 5.69 Å². The van der Waals surface area contributed by atoms with Crippen LogP contribution in [0, 0.1) is 13.8 Å². The number of benzene rings is 2. The number of Topliss-reactive ketones (excluding diaryl/α,β-unsaturated/α-hetero) is 1. The summed E-state index contributed by atoms with van der Waals surface area (Å²) in [4.78, 5) is 25.5. The molecule has 2 aromatic carbocycles. The number of ketones is 2. The molecule has 8 nitrogen and oxygen atoms in total. The van der Waals surface area contributed by atoms with Crippen LogP contribution in [0.4, 0.5) is 0 Å². The van der Waals surface area contributed by atoms with Crippen LogP contribution in [0.1, 0.15) is 32.7 Å². The normalized spacial score (nSPS) is 15.8. The molecule has 2 aliphatic rings. The van der Waals surface area contributed by atoms with Crippen LogP contribution in [0.5, 0.6) is 0 Å². The molecule has 3 aromatic rings.